The van der Waals surface area contributed by atoms with Gasteiger partial charge in [-0.05, 0) is 61.2 Å². The van der Waals surface area contributed by atoms with E-state index >= 15 is 0 Å². The highest BCUT2D eigenvalue weighted by Crippen LogP contribution is 2.30. The molecule has 1 N–H and O–H groups in total. The van der Waals surface area contributed by atoms with Crippen molar-refractivity contribution >= 4 is 17.4 Å². The Balaban J connectivity index is 1.58. The van der Waals surface area contributed by atoms with Crippen molar-refractivity contribution < 1.29 is 4.79 Å². The maximum Gasteiger partial charge on any atom is 0.317 e. The average molecular weight is 293 g/mol. The Labute approximate surface area is 124 Å². The second kappa shape index (κ2) is 6.14. The number of piperidine rings is 2. The van der Waals surface area contributed by atoms with E-state index < -0.39 is 0 Å². The fourth-order valence-electron chi connectivity index (χ4n) is 3.51. The van der Waals surface area contributed by atoms with Gasteiger partial charge < -0.3 is 15.1 Å². The molecule has 110 valence electrons. The summed E-state index contributed by atoms with van der Waals surface area (Å²) >= 11 is 1.67. The SMILES string of the molecule is CN1CC[C@H]2[C@@H](CCCN2C(=O)NCc2ccsc2)C1. The van der Waals surface area contributed by atoms with E-state index in [1.54, 1.807) is 11.3 Å². The molecular formula is C15H23N3OS. The predicted molar refractivity (Wildman–Crippen MR) is 81.9 cm³/mol. The van der Waals surface area contributed by atoms with Crippen LogP contribution in [0.1, 0.15) is 24.8 Å². The largest absolute Gasteiger partial charge is 0.334 e. The summed E-state index contributed by atoms with van der Waals surface area (Å²) in [5, 5.41) is 7.22. The molecular weight excluding hydrogens is 270 g/mol. The molecule has 3 rings (SSSR count). The molecule has 2 aliphatic rings. The van der Waals surface area contributed by atoms with Gasteiger partial charge in [-0.1, -0.05) is 0 Å². The Morgan fingerprint density at radius 1 is 1.45 bits per heavy atom. The first-order valence-corrected chi connectivity index (χ1v) is 8.42. The molecule has 0 radical (unpaired) electrons. The lowest BCUT2D eigenvalue weighted by Gasteiger charge is -2.46. The molecule has 1 aromatic heterocycles. The van der Waals surface area contributed by atoms with Crippen LogP contribution in [0.2, 0.25) is 0 Å². The minimum absolute atomic E-state index is 0.121. The summed E-state index contributed by atoms with van der Waals surface area (Å²) < 4.78 is 0. The number of urea groups is 1. The lowest BCUT2D eigenvalue weighted by Crippen LogP contribution is -2.57. The van der Waals surface area contributed by atoms with Crippen molar-refractivity contribution in [3.63, 3.8) is 0 Å². The third-order valence-electron chi connectivity index (χ3n) is 4.56. The fraction of sp³-hybridized carbons (Fsp3) is 0.667. The maximum absolute atomic E-state index is 12.4. The zero-order valence-electron chi connectivity index (χ0n) is 12.0. The maximum atomic E-state index is 12.4. The second-order valence-corrected chi connectivity index (χ2v) is 6.78. The van der Waals surface area contributed by atoms with Crippen LogP contribution in [-0.4, -0.2) is 48.6 Å². The van der Waals surface area contributed by atoms with E-state index in [2.05, 4.69) is 39.0 Å². The summed E-state index contributed by atoms with van der Waals surface area (Å²) in [4.78, 5) is 16.9. The summed E-state index contributed by atoms with van der Waals surface area (Å²) in [5.41, 5.74) is 1.19. The standard InChI is InChI=1S/C15H23N3OS/c1-17-7-4-14-13(10-17)3-2-6-18(14)15(19)16-9-12-5-8-20-11-12/h5,8,11,13-14H,2-4,6-7,9-10H2,1H3,(H,16,19)/t13-,14-/m0/s1. The molecule has 2 atom stereocenters. The van der Waals surface area contributed by atoms with Crippen molar-refractivity contribution in [2.45, 2.75) is 31.8 Å². The molecule has 0 saturated carbocycles. The molecule has 2 amide bonds. The zero-order chi connectivity index (χ0) is 13.9. The van der Waals surface area contributed by atoms with Crippen LogP contribution < -0.4 is 5.32 Å². The minimum Gasteiger partial charge on any atom is -0.334 e. The van der Waals surface area contributed by atoms with Gasteiger partial charge >= 0.3 is 6.03 Å². The van der Waals surface area contributed by atoms with Gasteiger partial charge in [0.05, 0.1) is 0 Å². The number of amides is 2. The average Bonchev–Trinajstić information content (AvgIpc) is 2.97. The molecule has 20 heavy (non-hydrogen) atoms. The number of nitrogens with zero attached hydrogens (tertiary/aromatic N) is 2. The number of hydrogen-bond donors (Lipinski definition) is 1. The van der Waals surface area contributed by atoms with Crippen LogP contribution in [-0.2, 0) is 6.54 Å². The number of hydrogen-bond acceptors (Lipinski definition) is 3. The van der Waals surface area contributed by atoms with Crippen LogP contribution in [0, 0.1) is 5.92 Å². The summed E-state index contributed by atoms with van der Waals surface area (Å²) in [6, 6.07) is 2.64. The number of carbonyl (C=O) groups excluding carboxylic acids is 1. The Bertz CT molecular complexity index is 448. The van der Waals surface area contributed by atoms with Crippen molar-refractivity contribution in [1.29, 1.82) is 0 Å². The monoisotopic (exact) mass is 293 g/mol. The van der Waals surface area contributed by atoms with Gasteiger partial charge in [-0.25, -0.2) is 4.79 Å². The Morgan fingerprint density at radius 2 is 2.35 bits per heavy atom. The van der Waals surface area contributed by atoms with Crippen molar-refractivity contribution in [1.82, 2.24) is 15.1 Å². The van der Waals surface area contributed by atoms with E-state index in [0.717, 1.165) is 32.5 Å². The molecule has 0 aliphatic carbocycles. The van der Waals surface area contributed by atoms with Gasteiger partial charge in [0.15, 0.2) is 0 Å². The minimum atomic E-state index is 0.121. The van der Waals surface area contributed by atoms with Gasteiger partial charge in [-0.2, -0.15) is 11.3 Å². The third kappa shape index (κ3) is 2.99. The second-order valence-electron chi connectivity index (χ2n) is 6.00. The van der Waals surface area contributed by atoms with Crippen molar-refractivity contribution in [2.24, 2.45) is 5.92 Å². The molecule has 0 spiro atoms. The Morgan fingerprint density at radius 3 is 3.15 bits per heavy atom. The number of rotatable bonds is 2. The van der Waals surface area contributed by atoms with E-state index in [1.165, 1.54) is 12.0 Å². The van der Waals surface area contributed by atoms with E-state index in [0.29, 0.717) is 18.5 Å². The Kier molecular flexibility index (Phi) is 4.27. The first-order chi connectivity index (χ1) is 9.74. The summed E-state index contributed by atoms with van der Waals surface area (Å²) in [6.07, 6.45) is 3.53. The topological polar surface area (TPSA) is 35.6 Å². The van der Waals surface area contributed by atoms with Crippen LogP contribution in [0.5, 0.6) is 0 Å². The molecule has 2 aliphatic heterocycles. The molecule has 1 aromatic rings. The van der Waals surface area contributed by atoms with Gasteiger partial charge in [0.1, 0.15) is 0 Å². The van der Waals surface area contributed by atoms with Crippen LogP contribution in [0.25, 0.3) is 0 Å². The van der Waals surface area contributed by atoms with Gasteiger partial charge in [0, 0.05) is 25.7 Å². The third-order valence-corrected chi connectivity index (χ3v) is 5.29. The first-order valence-electron chi connectivity index (χ1n) is 7.48. The fourth-order valence-corrected chi connectivity index (χ4v) is 4.18. The summed E-state index contributed by atoms with van der Waals surface area (Å²) in [6.45, 7) is 3.81. The number of likely N-dealkylation sites (tertiary alicyclic amines) is 2. The number of carbonyl (C=O) groups is 1. The number of thiophene rings is 1. The lowest BCUT2D eigenvalue weighted by atomic mass is 9.84. The lowest BCUT2D eigenvalue weighted by molar-refractivity contribution is 0.0532. The van der Waals surface area contributed by atoms with Crippen LogP contribution in [0.3, 0.4) is 0 Å². The Hall–Kier alpha value is -1.07. The van der Waals surface area contributed by atoms with E-state index in [9.17, 15) is 4.79 Å². The number of nitrogens with one attached hydrogen (secondary N) is 1. The molecule has 0 aromatic carbocycles. The van der Waals surface area contributed by atoms with Crippen molar-refractivity contribution in [2.75, 3.05) is 26.7 Å². The van der Waals surface area contributed by atoms with Crippen LogP contribution in [0.4, 0.5) is 4.79 Å². The van der Waals surface area contributed by atoms with Crippen LogP contribution in [0.15, 0.2) is 16.8 Å². The molecule has 0 unspecified atom stereocenters. The molecule has 0 bridgehead atoms. The van der Waals surface area contributed by atoms with Gasteiger partial charge in [-0.3, -0.25) is 0 Å². The molecule has 2 saturated heterocycles. The van der Waals surface area contributed by atoms with E-state index in [-0.39, 0.29) is 6.03 Å². The highest BCUT2D eigenvalue weighted by atomic mass is 32.1. The van der Waals surface area contributed by atoms with Crippen molar-refractivity contribution in [3.05, 3.63) is 22.4 Å². The normalized spacial score (nSPS) is 27.1. The van der Waals surface area contributed by atoms with Crippen LogP contribution >= 0.6 is 11.3 Å². The highest BCUT2D eigenvalue weighted by molar-refractivity contribution is 7.07. The van der Waals surface area contributed by atoms with Gasteiger partial charge in [-0.15, -0.1) is 0 Å². The van der Waals surface area contributed by atoms with E-state index in [1.807, 2.05) is 0 Å². The predicted octanol–water partition coefficient (Wildman–Crippen LogP) is 2.37. The van der Waals surface area contributed by atoms with E-state index in [4.69, 9.17) is 0 Å². The summed E-state index contributed by atoms with van der Waals surface area (Å²) in [7, 11) is 2.19. The smallest absolute Gasteiger partial charge is 0.317 e. The molecule has 3 heterocycles. The molecule has 4 nitrogen and oxygen atoms in total. The first kappa shape index (κ1) is 13.9. The molecule has 5 heteroatoms. The molecule has 2 fully saturated rings. The van der Waals surface area contributed by atoms with Crippen molar-refractivity contribution in [3.8, 4) is 0 Å². The van der Waals surface area contributed by atoms with Gasteiger partial charge in [0.2, 0.25) is 0 Å². The quantitative estimate of drug-likeness (QED) is 0.908. The summed E-state index contributed by atoms with van der Waals surface area (Å²) in [5.74, 6) is 0.661. The highest BCUT2D eigenvalue weighted by Gasteiger charge is 2.37. The van der Waals surface area contributed by atoms with Gasteiger partial charge in [0.25, 0.3) is 0 Å². The number of fused-ring (bicyclic) bond motifs is 1. The zero-order valence-corrected chi connectivity index (χ0v) is 12.9.